The van der Waals surface area contributed by atoms with Gasteiger partial charge in [-0.1, -0.05) is 6.92 Å². The minimum atomic E-state index is -0.0944. The summed E-state index contributed by atoms with van der Waals surface area (Å²) in [7, 11) is 0. The van der Waals surface area contributed by atoms with Gasteiger partial charge in [-0.05, 0) is 18.8 Å². The van der Waals surface area contributed by atoms with E-state index in [4.69, 9.17) is 0 Å². The lowest BCUT2D eigenvalue weighted by Crippen LogP contribution is -2.26. The number of hydrogen-bond acceptors (Lipinski definition) is 2. The predicted molar refractivity (Wildman–Crippen MR) is 35.4 cm³/mol. The number of ketones is 2. The molecule has 2 heteroatoms. The quantitative estimate of drug-likeness (QED) is 0.464. The van der Waals surface area contributed by atoms with Gasteiger partial charge in [-0.15, -0.1) is 0 Å². The third-order valence-electron chi connectivity index (χ3n) is 2.83. The summed E-state index contributed by atoms with van der Waals surface area (Å²) in [6.07, 6.45) is 1.80. The summed E-state index contributed by atoms with van der Waals surface area (Å²) in [6.45, 7) is 2.06. The van der Waals surface area contributed by atoms with Crippen LogP contribution in [0.5, 0.6) is 0 Å². The molecule has 0 saturated heterocycles. The number of hydrogen-bond donors (Lipinski definition) is 0. The maximum Gasteiger partial charge on any atom is 0.202 e. The summed E-state index contributed by atoms with van der Waals surface area (Å²) in [5.74, 6) is 0.479. The van der Waals surface area contributed by atoms with Crippen LogP contribution in [-0.4, -0.2) is 11.6 Å². The fraction of sp³-hybridized carbons (Fsp3) is 0.750. The van der Waals surface area contributed by atoms with E-state index in [2.05, 4.69) is 6.92 Å². The third kappa shape index (κ3) is 0.542. The Morgan fingerprint density at radius 2 is 1.90 bits per heavy atom. The molecule has 10 heavy (non-hydrogen) atoms. The van der Waals surface area contributed by atoms with Crippen LogP contribution in [0.2, 0.25) is 0 Å². The predicted octanol–water partition coefficient (Wildman–Crippen LogP) is 0.800. The van der Waals surface area contributed by atoms with Gasteiger partial charge >= 0.3 is 0 Å². The van der Waals surface area contributed by atoms with Gasteiger partial charge in [0.05, 0.1) is 0 Å². The normalized spacial score (nSPS) is 45.1. The number of carbonyl (C=O) groups is 2. The van der Waals surface area contributed by atoms with Gasteiger partial charge in [-0.2, -0.15) is 0 Å². The van der Waals surface area contributed by atoms with Crippen LogP contribution in [0.4, 0.5) is 0 Å². The molecule has 3 atom stereocenters. The van der Waals surface area contributed by atoms with Crippen LogP contribution >= 0.6 is 0 Å². The molecule has 2 fully saturated rings. The monoisotopic (exact) mass is 138 g/mol. The topological polar surface area (TPSA) is 34.1 Å². The lowest BCUT2D eigenvalue weighted by Gasteiger charge is -2.13. The van der Waals surface area contributed by atoms with Crippen LogP contribution in [-0.2, 0) is 9.59 Å². The summed E-state index contributed by atoms with van der Waals surface area (Å²) in [4.78, 5) is 22.0. The Kier molecular flexibility index (Phi) is 1.02. The van der Waals surface area contributed by atoms with Crippen molar-refractivity contribution >= 4 is 11.6 Å². The average Bonchev–Trinajstić information content (AvgIpc) is 2.36. The number of rotatable bonds is 0. The first kappa shape index (κ1) is 6.08. The fourth-order valence-electron chi connectivity index (χ4n) is 2.21. The zero-order valence-corrected chi connectivity index (χ0v) is 5.96. The van der Waals surface area contributed by atoms with E-state index in [0.717, 1.165) is 12.8 Å². The SMILES string of the molecule is C[C@H]1C[C@@H]2C[C@H]1C(=O)C2=O. The summed E-state index contributed by atoms with van der Waals surface area (Å²) < 4.78 is 0. The van der Waals surface area contributed by atoms with E-state index >= 15 is 0 Å². The van der Waals surface area contributed by atoms with Gasteiger partial charge in [0.2, 0.25) is 11.6 Å². The molecule has 0 aromatic heterocycles. The smallest absolute Gasteiger partial charge is 0.202 e. The molecule has 0 N–H and O–H groups in total. The van der Waals surface area contributed by atoms with Crippen molar-refractivity contribution < 1.29 is 9.59 Å². The molecule has 2 nitrogen and oxygen atoms in total. The Balaban J connectivity index is 2.32. The molecule has 2 aliphatic rings. The lowest BCUT2D eigenvalue weighted by atomic mass is 9.89. The van der Waals surface area contributed by atoms with Gasteiger partial charge in [0.25, 0.3) is 0 Å². The van der Waals surface area contributed by atoms with Crippen LogP contribution in [0.15, 0.2) is 0 Å². The summed E-state index contributed by atoms with van der Waals surface area (Å²) in [6, 6.07) is 0. The van der Waals surface area contributed by atoms with Crippen molar-refractivity contribution in [2.75, 3.05) is 0 Å². The summed E-state index contributed by atoms with van der Waals surface area (Å²) in [5, 5.41) is 0. The van der Waals surface area contributed by atoms with Crippen molar-refractivity contribution in [3.63, 3.8) is 0 Å². The highest BCUT2D eigenvalue weighted by Crippen LogP contribution is 2.43. The van der Waals surface area contributed by atoms with E-state index in [9.17, 15) is 9.59 Å². The minimum Gasteiger partial charge on any atom is -0.291 e. The second kappa shape index (κ2) is 1.68. The van der Waals surface area contributed by atoms with Crippen molar-refractivity contribution in [3.8, 4) is 0 Å². The van der Waals surface area contributed by atoms with E-state index in [1.54, 1.807) is 0 Å². The molecule has 0 aromatic rings. The van der Waals surface area contributed by atoms with Gasteiger partial charge in [0.15, 0.2) is 0 Å². The zero-order chi connectivity index (χ0) is 7.30. The second-order valence-electron chi connectivity index (χ2n) is 3.48. The molecule has 0 radical (unpaired) electrons. The fourth-order valence-corrected chi connectivity index (χ4v) is 2.21. The van der Waals surface area contributed by atoms with Gasteiger partial charge in [-0.3, -0.25) is 9.59 Å². The Labute approximate surface area is 59.6 Å². The first-order valence-electron chi connectivity index (χ1n) is 3.78. The highest BCUT2D eigenvalue weighted by Gasteiger charge is 2.49. The Morgan fingerprint density at radius 1 is 1.20 bits per heavy atom. The number of fused-ring (bicyclic) bond motifs is 2. The van der Waals surface area contributed by atoms with Crippen molar-refractivity contribution in [3.05, 3.63) is 0 Å². The van der Waals surface area contributed by atoms with Crippen LogP contribution in [0.3, 0.4) is 0 Å². The van der Waals surface area contributed by atoms with Gasteiger partial charge in [0.1, 0.15) is 0 Å². The third-order valence-corrected chi connectivity index (χ3v) is 2.83. The lowest BCUT2D eigenvalue weighted by molar-refractivity contribution is -0.139. The molecule has 0 spiro atoms. The van der Waals surface area contributed by atoms with Crippen LogP contribution in [0.1, 0.15) is 19.8 Å². The van der Waals surface area contributed by atoms with Crippen molar-refractivity contribution in [1.29, 1.82) is 0 Å². The molecule has 2 saturated carbocycles. The van der Waals surface area contributed by atoms with E-state index in [1.165, 1.54) is 0 Å². The van der Waals surface area contributed by atoms with Crippen molar-refractivity contribution in [2.45, 2.75) is 19.8 Å². The molecular weight excluding hydrogens is 128 g/mol. The molecule has 0 aromatic carbocycles. The highest BCUT2D eigenvalue weighted by molar-refractivity contribution is 6.41. The second-order valence-corrected chi connectivity index (χ2v) is 3.48. The van der Waals surface area contributed by atoms with Crippen LogP contribution < -0.4 is 0 Å². The zero-order valence-electron chi connectivity index (χ0n) is 5.96. The van der Waals surface area contributed by atoms with E-state index in [1.807, 2.05) is 0 Å². The van der Waals surface area contributed by atoms with E-state index in [-0.39, 0.29) is 23.4 Å². The highest BCUT2D eigenvalue weighted by atomic mass is 16.2. The molecule has 0 heterocycles. The molecule has 0 amide bonds. The molecule has 54 valence electrons. The molecular formula is C8H10O2. The van der Waals surface area contributed by atoms with Gasteiger partial charge in [-0.25, -0.2) is 0 Å². The van der Waals surface area contributed by atoms with Crippen molar-refractivity contribution in [1.82, 2.24) is 0 Å². The van der Waals surface area contributed by atoms with E-state index in [0.29, 0.717) is 5.92 Å². The summed E-state index contributed by atoms with van der Waals surface area (Å²) >= 11 is 0. The Morgan fingerprint density at radius 3 is 2.30 bits per heavy atom. The maximum atomic E-state index is 11.0. The maximum absolute atomic E-state index is 11.0. The molecule has 2 aliphatic carbocycles. The molecule has 2 bridgehead atoms. The van der Waals surface area contributed by atoms with Crippen molar-refractivity contribution in [2.24, 2.45) is 17.8 Å². The minimum absolute atomic E-state index is 0.0937. The molecule has 0 unspecified atom stereocenters. The molecule has 2 rings (SSSR count). The number of Topliss-reactive ketones (excluding diaryl/α,β-unsaturated/α-hetero) is 2. The Bertz CT molecular complexity index is 207. The van der Waals surface area contributed by atoms with Gasteiger partial charge < -0.3 is 0 Å². The van der Waals surface area contributed by atoms with E-state index < -0.39 is 0 Å². The molecule has 0 aliphatic heterocycles. The average molecular weight is 138 g/mol. The largest absolute Gasteiger partial charge is 0.291 e. The first-order chi connectivity index (χ1) is 4.70. The summed E-state index contributed by atoms with van der Waals surface area (Å²) in [5.41, 5.74) is 0. The van der Waals surface area contributed by atoms with Crippen LogP contribution in [0.25, 0.3) is 0 Å². The Hall–Kier alpha value is -0.660. The van der Waals surface area contributed by atoms with Gasteiger partial charge in [0, 0.05) is 11.8 Å². The number of carbonyl (C=O) groups excluding carboxylic acids is 2. The van der Waals surface area contributed by atoms with Crippen LogP contribution in [0, 0.1) is 17.8 Å². The standard InChI is InChI=1S/C8H10O2/c1-4-2-5-3-6(4)8(10)7(5)9/h4-6H,2-3H2,1H3/t4-,5+,6+/m0/s1. The first-order valence-corrected chi connectivity index (χ1v) is 3.78.